The summed E-state index contributed by atoms with van der Waals surface area (Å²) in [6, 6.07) is 13.5. The zero-order chi connectivity index (χ0) is 51.6. The Morgan fingerprint density at radius 3 is 1.49 bits per heavy atom. The smallest absolute Gasteiger partial charge is 0.183 e. The van der Waals surface area contributed by atoms with Crippen LogP contribution in [0.4, 0.5) is 5.69 Å². The van der Waals surface area contributed by atoms with Crippen molar-refractivity contribution < 1.29 is 14.2 Å². The fourth-order valence-electron chi connectivity index (χ4n) is 10.7. The summed E-state index contributed by atoms with van der Waals surface area (Å²) >= 11 is 10.4. The second-order valence-corrected chi connectivity index (χ2v) is 22.1. The van der Waals surface area contributed by atoms with Gasteiger partial charge in [0.15, 0.2) is 28.6 Å². The van der Waals surface area contributed by atoms with E-state index in [-0.39, 0.29) is 12.2 Å². The second-order valence-electron chi connectivity index (χ2n) is 19.4. The first kappa shape index (κ1) is 50.6. The largest absolute Gasteiger partial charge is 0.487 e. The number of piperidine rings is 2. The van der Waals surface area contributed by atoms with Crippen LogP contribution in [0.2, 0.25) is 0 Å². The van der Waals surface area contributed by atoms with E-state index in [0.29, 0.717) is 40.7 Å². The Kier molecular flexibility index (Phi) is 15.1. The highest BCUT2D eigenvalue weighted by Gasteiger charge is 2.32. The first-order chi connectivity index (χ1) is 36.7. The zero-order valence-corrected chi connectivity index (χ0v) is 45.9. The van der Waals surface area contributed by atoms with Gasteiger partial charge in [0.05, 0.1) is 77.0 Å². The molecule has 75 heavy (non-hydrogen) atoms. The van der Waals surface area contributed by atoms with E-state index in [4.69, 9.17) is 14.2 Å². The average molecular weight is 1200 g/mol. The second kappa shape index (κ2) is 22.4. The summed E-state index contributed by atoms with van der Waals surface area (Å²) in [6.07, 6.45) is 20.3. The van der Waals surface area contributed by atoms with Crippen molar-refractivity contribution >= 4 is 119 Å². The standard InChI is InChI=1S/C19H18BrN5O2.C18H19BrN6.C17H15BrN4O/c20-11-5-14-17-16(24-19(14)23-7-11)8-22-15(6-21)18(17)27-13-1-3-25(4-2-13)12-9-26-10-12;1-2-25-5-3-12(4-6-25)23-17-14(8-20)21-10-15-16(17)13-7-11(19)9-22-18(13)24-15;18-10-6-12-15-14(22-17(12)21-8-10)9-20-13(7-19)16(15)23-11-4-2-1-3-5-11/h5,7-8,12-13H,1-4,9-10H2,(H,23,24);7,9-10,12,23H,2-6H2,1H3,(H,22,24);6,8-9,11H,1-5H2,(H,21,22). The maximum Gasteiger partial charge on any atom is 0.183 e. The first-order valence-electron chi connectivity index (χ1n) is 25.4. The molecular formula is C54H52Br3N15O3. The molecule has 0 bridgehead atoms. The van der Waals surface area contributed by atoms with E-state index >= 15 is 0 Å². The molecule has 0 radical (unpaired) electrons. The van der Waals surface area contributed by atoms with Crippen molar-refractivity contribution in [2.45, 2.75) is 89.0 Å². The van der Waals surface area contributed by atoms with Crippen molar-refractivity contribution in [1.82, 2.24) is 54.7 Å². The molecular weight excluding hydrogens is 1150 g/mol. The fraction of sp³-hybridized carbons (Fsp3) is 0.389. The number of H-pyrrole nitrogens is 3. The van der Waals surface area contributed by atoms with Gasteiger partial charge in [0.1, 0.15) is 41.3 Å². The Hall–Kier alpha value is -6.51. The van der Waals surface area contributed by atoms with Gasteiger partial charge in [-0.2, -0.15) is 15.8 Å². The minimum Gasteiger partial charge on any atom is -0.487 e. The summed E-state index contributed by atoms with van der Waals surface area (Å²) in [7, 11) is 0. The number of nitriles is 3. The molecule has 0 aromatic carbocycles. The summed E-state index contributed by atoms with van der Waals surface area (Å²) in [6.45, 7) is 9.12. The number of nitrogens with one attached hydrogen (secondary N) is 4. The van der Waals surface area contributed by atoms with E-state index in [1.165, 1.54) is 19.3 Å². The van der Waals surface area contributed by atoms with E-state index in [2.05, 4.69) is 133 Å². The highest BCUT2D eigenvalue weighted by Crippen LogP contribution is 2.39. The number of rotatable bonds is 8. The lowest BCUT2D eigenvalue weighted by Crippen LogP contribution is -2.52. The van der Waals surface area contributed by atoms with Crippen LogP contribution < -0.4 is 14.8 Å². The summed E-state index contributed by atoms with van der Waals surface area (Å²) < 4.78 is 20.6. The number of fused-ring (bicyclic) bond motifs is 9. The lowest BCUT2D eigenvalue weighted by atomic mass is 9.97. The van der Waals surface area contributed by atoms with Crippen molar-refractivity contribution in [2.24, 2.45) is 0 Å². The maximum atomic E-state index is 9.58. The molecule has 3 saturated heterocycles. The zero-order valence-electron chi connectivity index (χ0n) is 41.1. The van der Waals surface area contributed by atoms with Gasteiger partial charge in [-0.05, 0) is 124 Å². The van der Waals surface area contributed by atoms with Crippen LogP contribution in [-0.2, 0) is 4.74 Å². The summed E-state index contributed by atoms with van der Waals surface area (Å²) in [5, 5.41) is 37.8. The van der Waals surface area contributed by atoms with Gasteiger partial charge in [-0.15, -0.1) is 0 Å². The number of ether oxygens (including phenoxy) is 3. The van der Waals surface area contributed by atoms with Crippen LogP contribution in [-0.4, -0.2) is 125 Å². The molecule has 1 saturated carbocycles. The van der Waals surface area contributed by atoms with Crippen LogP contribution in [0.5, 0.6) is 11.5 Å². The van der Waals surface area contributed by atoms with Crippen LogP contribution in [0, 0.1) is 34.0 Å². The molecule has 4 fully saturated rings. The predicted molar refractivity (Wildman–Crippen MR) is 298 cm³/mol. The molecule has 18 nitrogen and oxygen atoms in total. The van der Waals surface area contributed by atoms with Crippen molar-refractivity contribution in [2.75, 3.05) is 51.3 Å². The van der Waals surface area contributed by atoms with Crippen molar-refractivity contribution in [3.8, 4) is 29.7 Å². The topological polar surface area (TPSA) is 242 Å². The van der Waals surface area contributed by atoms with Crippen LogP contribution in [0.3, 0.4) is 0 Å². The van der Waals surface area contributed by atoms with E-state index < -0.39 is 0 Å². The number of pyridine rings is 6. The van der Waals surface area contributed by atoms with Gasteiger partial charge in [-0.1, -0.05) is 13.3 Å². The third-order valence-electron chi connectivity index (χ3n) is 14.7. The fourth-order valence-corrected chi connectivity index (χ4v) is 11.7. The molecule has 13 rings (SSSR count). The Morgan fingerprint density at radius 1 is 0.587 bits per heavy atom. The van der Waals surface area contributed by atoms with Crippen LogP contribution in [0.15, 0.2) is 68.8 Å². The predicted octanol–water partition coefficient (Wildman–Crippen LogP) is 11.1. The van der Waals surface area contributed by atoms with E-state index in [1.807, 2.05) is 18.2 Å². The Bertz CT molecular complexity index is 3700. The molecule has 21 heteroatoms. The number of hydrogen-bond donors (Lipinski definition) is 4. The monoisotopic (exact) mass is 1200 g/mol. The Morgan fingerprint density at radius 2 is 1.04 bits per heavy atom. The molecule has 9 aromatic heterocycles. The third kappa shape index (κ3) is 10.6. The minimum atomic E-state index is 0.0757. The van der Waals surface area contributed by atoms with Crippen LogP contribution in [0.1, 0.15) is 81.8 Å². The average Bonchev–Trinajstić information content (AvgIpc) is 4.11. The number of nitrogens with zero attached hydrogens (tertiary/aromatic N) is 11. The van der Waals surface area contributed by atoms with Gasteiger partial charge in [0.25, 0.3) is 0 Å². The van der Waals surface area contributed by atoms with E-state index in [1.54, 1.807) is 37.2 Å². The number of hydrogen-bond acceptors (Lipinski definition) is 15. The van der Waals surface area contributed by atoms with Crippen LogP contribution in [0.25, 0.3) is 65.8 Å². The Labute approximate surface area is 457 Å². The first-order valence-corrected chi connectivity index (χ1v) is 27.8. The highest BCUT2D eigenvalue weighted by molar-refractivity contribution is 9.11. The lowest BCUT2D eigenvalue weighted by molar-refractivity contribution is -0.0777. The molecule has 9 aromatic rings. The van der Waals surface area contributed by atoms with Gasteiger partial charge in [-0.25, -0.2) is 29.9 Å². The molecule has 0 spiro atoms. The van der Waals surface area contributed by atoms with Gasteiger partial charge in [-0.3, -0.25) is 4.90 Å². The van der Waals surface area contributed by atoms with E-state index in [9.17, 15) is 15.8 Å². The number of aromatic amines is 3. The molecule has 0 atom stereocenters. The van der Waals surface area contributed by atoms with Gasteiger partial charge in [0.2, 0.25) is 0 Å². The molecule has 4 aliphatic rings. The molecule has 3 aliphatic heterocycles. The quantitative estimate of drug-likeness (QED) is 0.111. The molecule has 0 amide bonds. The number of anilines is 1. The van der Waals surface area contributed by atoms with Crippen molar-refractivity contribution in [3.05, 3.63) is 85.9 Å². The SMILES string of the molecule is CCN1CCC(Nc2c(C#N)ncc3[nH]c4ncc(Br)cc4c23)CC1.N#Cc1ncc2[nH]c3ncc(Br)cc3c2c1OC1CCCCC1.N#Cc1ncc2[nH]c3ncc(Br)cc3c2c1OC1CCN(C2COC2)CC1. The normalized spacial score (nSPS) is 17.2. The summed E-state index contributed by atoms with van der Waals surface area (Å²) in [4.78, 5) is 40.9. The number of halogens is 3. The maximum absolute atomic E-state index is 9.58. The third-order valence-corrected chi connectivity index (χ3v) is 16.0. The molecule has 1 aliphatic carbocycles. The van der Waals surface area contributed by atoms with E-state index in [0.717, 1.165) is 169 Å². The Balaban J connectivity index is 0.000000121. The molecule has 12 heterocycles. The van der Waals surface area contributed by atoms with Gasteiger partial charge >= 0.3 is 0 Å². The van der Waals surface area contributed by atoms with Crippen LogP contribution >= 0.6 is 47.8 Å². The molecule has 0 unspecified atom stereocenters. The summed E-state index contributed by atoms with van der Waals surface area (Å²) in [5.74, 6) is 1.15. The van der Waals surface area contributed by atoms with Crippen molar-refractivity contribution in [3.63, 3.8) is 0 Å². The number of likely N-dealkylation sites (tertiary alicyclic amines) is 2. The summed E-state index contributed by atoms with van der Waals surface area (Å²) in [5.41, 5.74) is 6.81. The van der Waals surface area contributed by atoms with Crippen molar-refractivity contribution in [1.29, 1.82) is 15.8 Å². The lowest BCUT2D eigenvalue weighted by Gasteiger charge is -2.41. The van der Waals surface area contributed by atoms with Gasteiger partial charge < -0.3 is 39.4 Å². The minimum absolute atomic E-state index is 0.0757. The number of aromatic nitrogens is 9. The molecule has 4 N–H and O–H groups in total. The molecule has 382 valence electrons. The highest BCUT2D eigenvalue weighted by atomic mass is 79.9. The van der Waals surface area contributed by atoms with Gasteiger partial charge in [0, 0.05) is 85.8 Å².